The zero-order valence-corrected chi connectivity index (χ0v) is 8.08. The molecule has 0 saturated carbocycles. The van der Waals surface area contributed by atoms with Crippen LogP contribution in [0.5, 0.6) is 0 Å². The standard InChI is InChI=1S/C8H16N2O3/c1-10(2,6-8(12)13)5-3-4-9-7-11/h7H,3-6H2,1-2H3,(H-,9,11,12,13). The average molecular weight is 188 g/mol. The number of hydrogen-bond acceptors (Lipinski definition) is 3. The Kier molecular flexibility index (Phi) is 5.06. The molecule has 0 aliphatic heterocycles. The summed E-state index contributed by atoms with van der Waals surface area (Å²) in [5.41, 5.74) is 0. The largest absolute Gasteiger partial charge is 0.544 e. The van der Waals surface area contributed by atoms with Gasteiger partial charge >= 0.3 is 0 Å². The Hall–Kier alpha value is -1.10. The van der Waals surface area contributed by atoms with Gasteiger partial charge in [-0.25, -0.2) is 0 Å². The van der Waals surface area contributed by atoms with Gasteiger partial charge in [-0.05, 0) is 0 Å². The van der Waals surface area contributed by atoms with Crippen molar-refractivity contribution in [1.29, 1.82) is 0 Å². The summed E-state index contributed by atoms with van der Waals surface area (Å²) in [5.74, 6) is -1.05. The molecule has 0 atom stereocenters. The van der Waals surface area contributed by atoms with E-state index in [4.69, 9.17) is 0 Å². The molecule has 5 heteroatoms. The molecule has 5 nitrogen and oxygen atoms in total. The zero-order valence-electron chi connectivity index (χ0n) is 8.08. The number of carboxylic acid groups (broad SMARTS) is 1. The minimum absolute atomic E-state index is 0.00108. The van der Waals surface area contributed by atoms with Crippen molar-refractivity contribution in [3.05, 3.63) is 0 Å². The molecule has 0 aromatic rings. The predicted molar refractivity (Wildman–Crippen MR) is 45.5 cm³/mol. The van der Waals surface area contributed by atoms with Gasteiger partial charge < -0.3 is 19.7 Å². The van der Waals surface area contributed by atoms with Gasteiger partial charge in [0.15, 0.2) is 0 Å². The molecule has 13 heavy (non-hydrogen) atoms. The van der Waals surface area contributed by atoms with Crippen LogP contribution in [0.25, 0.3) is 0 Å². The first-order chi connectivity index (χ1) is 5.98. The van der Waals surface area contributed by atoms with Crippen molar-refractivity contribution in [2.75, 3.05) is 33.7 Å². The van der Waals surface area contributed by atoms with E-state index < -0.39 is 5.97 Å². The van der Waals surface area contributed by atoms with Gasteiger partial charge in [0, 0.05) is 13.0 Å². The molecule has 0 fully saturated rings. The summed E-state index contributed by atoms with van der Waals surface area (Å²) in [6.45, 7) is 1.29. The van der Waals surface area contributed by atoms with Crippen LogP contribution in [0.3, 0.4) is 0 Å². The Bertz CT molecular complexity index is 180. The number of aliphatic carboxylic acids is 1. The van der Waals surface area contributed by atoms with Crippen LogP contribution in [-0.4, -0.2) is 50.6 Å². The molecule has 0 heterocycles. The number of rotatable bonds is 7. The molecule has 0 radical (unpaired) electrons. The van der Waals surface area contributed by atoms with Crippen molar-refractivity contribution in [3.63, 3.8) is 0 Å². The van der Waals surface area contributed by atoms with Crippen LogP contribution in [0.1, 0.15) is 6.42 Å². The Morgan fingerprint density at radius 3 is 2.62 bits per heavy atom. The molecule has 76 valence electrons. The lowest BCUT2D eigenvalue weighted by Crippen LogP contribution is -2.49. The van der Waals surface area contributed by atoms with Crippen molar-refractivity contribution in [1.82, 2.24) is 5.32 Å². The molecule has 0 saturated heterocycles. The summed E-state index contributed by atoms with van der Waals surface area (Å²) in [6, 6.07) is 0. The topological polar surface area (TPSA) is 69.2 Å². The molecular formula is C8H16N2O3. The third-order valence-electron chi connectivity index (χ3n) is 1.73. The first kappa shape index (κ1) is 11.9. The van der Waals surface area contributed by atoms with Crippen molar-refractivity contribution in [3.8, 4) is 0 Å². The number of nitrogens with one attached hydrogen (secondary N) is 1. The van der Waals surface area contributed by atoms with Gasteiger partial charge in [-0.1, -0.05) is 0 Å². The molecule has 0 aliphatic carbocycles. The van der Waals surface area contributed by atoms with Crippen LogP contribution in [0.15, 0.2) is 0 Å². The Labute approximate surface area is 77.9 Å². The van der Waals surface area contributed by atoms with Gasteiger partial charge in [0.1, 0.15) is 6.54 Å². The van der Waals surface area contributed by atoms with Gasteiger partial charge in [-0.3, -0.25) is 4.79 Å². The van der Waals surface area contributed by atoms with E-state index >= 15 is 0 Å². The van der Waals surface area contributed by atoms with Gasteiger partial charge in [-0.2, -0.15) is 0 Å². The molecule has 0 aromatic carbocycles. The lowest BCUT2D eigenvalue weighted by molar-refractivity contribution is -0.884. The summed E-state index contributed by atoms with van der Waals surface area (Å²) >= 11 is 0. The Balaban J connectivity index is 3.62. The number of quaternary nitrogens is 1. The van der Waals surface area contributed by atoms with Crippen LogP contribution >= 0.6 is 0 Å². The van der Waals surface area contributed by atoms with Crippen molar-refractivity contribution < 1.29 is 19.2 Å². The van der Waals surface area contributed by atoms with E-state index in [1.165, 1.54) is 0 Å². The summed E-state index contributed by atoms with van der Waals surface area (Å²) in [4.78, 5) is 20.2. The number of nitrogens with zero attached hydrogens (tertiary/aromatic N) is 1. The molecule has 0 aliphatic rings. The van der Waals surface area contributed by atoms with Crippen molar-refractivity contribution in [2.45, 2.75) is 6.42 Å². The molecule has 1 amide bonds. The maximum absolute atomic E-state index is 10.3. The summed E-state index contributed by atoms with van der Waals surface area (Å²) in [5, 5.41) is 12.8. The van der Waals surface area contributed by atoms with Crippen LogP contribution in [0.2, 0.25) is 0 Å². The van der Waals surface area contributed by atoms with E-state index in [0.29, 0.717) is 24.0 Å². The molecule has 0 spiro atoms. The van der Waals surface area contributed by atoms with E-state index in [-0.39, 0.29) is 6.54 Å². The molecule has 0 bridgehead atoms. The first-order valence-corrected chi connectivity index (χ1v) is 4.17. The van der Waals surface area contributed by atoms with Crippen LogP contribution in [-0.2, 0) is 9.59 Å². The van der Waals surface area contributed by atoms with Crippen LogP contribution in [0, 0.1) is 0 Å². The third kappa shape index (κ3) is 7.27. The number of carbonyl (C=O) groups excluding carboxylic acids is 2. The lowest BCUT2D eigenvalue weighted by atomic mass is 10.3. The van der Waals surface area contributed by atoms with E-state index in [1.54, 1.807) is 0 Å². The monoisotopic (exact) mass is 188 g/mol. The second-order valence-corrected chi connectivity index (χ2v) is 3.61. The number of likely N-dealkylation sites (N-methyl/N-ethyl adjacent to an activating group) is 1. The zero-order chi connectivity index (χ0) is 10.3. The average Bonchev–Trinajstić information content (AvgIpc) is 1.95. The number of amides is 1. The Morgan fingerprint density at radius 2 is 2.15 bits per heavy atom. The summed E-state index contributed by atoms with van der Waals surface area (Å²) in [6.07, 6.45) is 1.40. The quantitative estimate of drug-likeness (QED) is 0.284. The maximum Gasteiger partial charge on any atom is 0.207 e. The highest BCUT2D eigenvalue weighted by molar-refractivity contribution is 5.65. The highest BCUT2D eigenvalue weighted by Gasteiger charge is 2.13. The highest BCUT2D eigenvalue weighted by atomic mass is 16.4. The van der Waals surface area contributed by atoms with Gasteiger partial charge in [0.25, 0.3) is 0 Å². The minimum atomic E-state index is -1.05. The normalized spacial score (nSPS) is 10.9. The second kappa shape index (κ2) is 5.53. The molecule has 0 rings (SSSR count). The van der Waals surface area contributed by atoms with E-state index in [2.05, 4.69) is 5.32 Å². The van der Waals surface area contributed by atoms with E-state index in [1.807, 2.05) is 14.1 Å². The summed E-state index contributed by atoms with van der Waals surface area (Å²) < 4.78 is 0.378. The fourth-order valence-corrected chi connectivity index (χ4v) is 1.10. The minimum Gasteiger partial charge on any atom is -0.544 e. The predicted octanol–water partition coefficient (Wildman–Crippen LogP) is -2.05. The highest BCUT2D eigenvalue weighted by Crippen LogP contribution is 1.97. The van der Waals surface area contributed by atoms with Crippen LogP contribution < -0.4 is 10.4 Å². The first-order valence-electron chi connectivity index (χ1n) is 4.17. The second-order valence-electron chi connectivity index (χ2n) is 3.61. The fraction of sp³-hybridized carbons (Fsp3) is 0.750. The molecule has 0 aromatic heterocycles. The van der Waals surface area contributed by atoms with Crippen molar-refractivity contribution in [2.24, 2.45) is 0 Å². The maximum atomic E-state index is 10.3. The fourth-order valence-electron chi connectivity index (χ4n) is 1.10. The van der Waals surface area contributed by atoms with Gasteiger partial charge in [-0.15, -0.1) is 0 Å². The van der Waals surface area contributed by atoms with Gasteiger partial charge in [0.2, 0.25) is 6.41 Å². The van der Waals surface area contributed by atoms with Crippen LogP contribution in [0.4, 0.5) is 0 Å². The van der Waals surface area contributed by atoms with Gasteiger partial charge in [0.05, 0.1) is 26.6 Å². The number of carbonyl (C=O) groups is 2. The lowest BCUT2D eigenvalue weighted by Gasteiger charge is -2.29. The molecule has 1 N–H and O–H groups in total. The summed E-state index contributed by atoms with van der Waals surface area (Å²) in [7, 11) is 3.63. The Morgan fingerprint density at radius 1 is 1.54 bits per heavy atom. The molecular weight excluding hydrogens is 172 g/mol. The van der Waals surface area contributed by atoms with E-state index in [9.17, 15) is 14.7 Å². The SMILES string of the molecule is C[N+](C)(CCCNC=O)CC(=O)[O-]. The van der Waals surface area contributed by atoms with E-state index in [0.717, 1.165) is 6.42 Å². The molecule has 0 unspecified atom stereocenters. The third-order valence-corrected chi connectivity index (χ3v) is 1.73. The van der Waals surface area contributed by atoms with Crippen molar-refractivity contribution >= 4 is 12.4 Å². The smallest absolute Gasteiger partial charge is 0.207 e. The number of carboxylic acids is 1. The number of hydrogen-bond donors (Lipinski definition) is 1.